The lowest BCUT2D eigenvalue weighted by atomic mass is 10.1. The minimum atomic E-state index is 0.482. The van der Waals surface area contributed by atoms with Crippen LogP contribution in [-0.2, 0) is 0 Å². The van der Waals surface area contributed by atoms with Crippen LogP contribution in [0.15, 0.2) is 12.1 Å². The fraction of sp³-hybridized carbons (Fsp3) is 0.200. The Hall–Kier alpha value is -2.20. The Bertz CT molecular complexity index is 385. The zero-order valence-electron chi connectivity index (χ0n) is 7.87. The van der Waals surface area contributed by atoms with Crippen molar-refractivity contribution in [1.29, 1.82) is 10.5 Å². The molecule has 0 saturated heterocycles. The van der Waals surface area contributed by atoms with Crippen molar-refractivity contribution < 1.29 is 9.47 Å². The van der Waals surface area contributed by atoms with Gasteiger partial charge in [0.1, 0.15) is 11.5 Å². The normalized spacial score (nSPS) is 8.57. The Kier molecular flexibility index (Phi) is 2.93. The standard InChI is InChI=1S/C10H8N2O2/c1-7-3-10(14-6-12)8(2)4-9(7)13-5-11/h3-4H,1-2H3. The average Bonchev–Trinajstić information content (AvgIpc) is 2.14. The van der Waals surface area contributed by atoms with Gasteiger partial charge in [-0.1, -0.05) is 0 Å². The van der Waals surface area contributed by atoms with E-state index in [9.17, 15) is 0 Å². The van der Waals surface area contributed by atoms with Gasteiger partial charge < -0.3 is 9.47 Å². The molecule has 0 radical (unpaired) electrons. The number of aryl methyl sites for hydroxylation is 2. The summed E-state index contributed by atoms with van der Waals surface area (Å²) in [5, 5.41) is 16.7. The van der Waals surface area contributed by atoms with Crippen molar-refractivity contribution in [1.82, 2.24) is 0 Å². The van der Waals surface area contributed by atoms with E-state index in [0.29, 0.717) is 11.5 Å². The molecule has 0 aliphatic rings. The van der Waals surface area contributed by atoms with Gasteiger partial charge in [0.05, 0.1) is 0 Å². The predicted molar refractivity (Wildman–Crippen MR) is 48.4 cm³/mol. The van der Waals surface area contributed by atoms with Crippen molar-refractivity contribution >= 4 is 0 Å². The van der Waals surface area contributed by atoms with E-state index in [0.717, 1.165) is 11.1 Å². The van der Waals surface area contributed by atoms with Gasteiger partial charge in [0.25, 0.3) is 12.5 Å². The summed E-state index contributed by atoms with van der Waals surface area (Å²) in [5.41, 5.74) is 1.50. The molecule has 1 aromatic carbocycles. The molecular weight excluding hydrogens is 180 g/mol. The second-order valence-corrected chi connectivity index (χ2v) is 2.77. The molecule has 0 N–H and O–H groups in total. The minimum Gasteiger partial charge on any atom is -0.388 e. The summed E-state index contributed by atoms with van der Waals surface area (Å²) in [7, 11) is 0. The molecule has 0 saturated carbocycles. The molecule has 70 valence electrons. The summed E-state index contributed by atoms with van der Waals surface area (Å²) in [5.74, 6) is 0.963. The second kappa shape index (κ2) is 4.15. The van der Waals surface area contributed by atoms with Crippen LogP contribution in [0.1, 0.15) is 11.1 Å². The molecule has 0 fully saturated rings. The average molecular weight is 188 g/mol. The van der Waals surface area contributed by atoms with Crippen LogP contribution in [-0.4, -0.2) is 0 Å². The van der Waals surface area contributed by atoms with Gasteiger partial charge in [-0.05, 0) is 37.1 Å². The number of rotatable bonds is 2. The van der Waals surface area contributed by atoms with E-state index in [1.807, 2.05) is 0 Å². The third-order valence-corrected chi connectivity index (χ3v) is 1.78. The molecule has 0 atom stereocenters. The highest BCUT2D eigenvalue weighted by Gasteiger charge is 2.06. The fourth-order valence-electron chi connectivity index (χ4n) is 1.08. The van der Waals surface area contributed by atoms with Crippen LogP contribution in [0, 0.1) is 36.9 Å². The lowest BCUT2D eigenvalue weighted by Crippen LogP contribution is -1.91. The third kappa shape index (κ3) is 1.94. The van der Waals surface area contributed by atoms with Gasteiger partial charge in [-0.15, -0.1) is 10.5 Å². The molecule has 0 heterocycles. The zero-order chi connectivity index (χ0) is 10.6. The fourth-order valence-corrected chi connectivity index (χ4v) is 1.08. The van der Waals surface area contributed by atoms with Crippen LogP contribution < -0.4 is 9.47 Å². The van der Waals surface area contributed by atoms with Gasteiger partial charge in [0.15, 0.2) is 0 Å². The van der Waals surface area contributed by atoms with Crippen LogP contribution in [0.3, 0.4) is 0 Å². The number of nitrogens with zero attached hydrogens (tertiary/aromatic N) is 2. The van der Waals surface area contributed by atoms with Crippen molar-refractivity contribution in [2.24, 2.45) is 0 Å². The SMILES string of the molecule is Cc1cc(OC#N)c(C)cc1OC#N. The van der Waals surface area contributed by atoms with E-state index in [2.05, 4.69) is 0 Å². The van der Waals surface area contributed by atoms with Crippen LogP contribution in [0.2, 0.25) is 0 Å². The van der Waals surface area contributed by atoms with Gasteiger partial charge in [-0.2, -0.15) is 0 Å². The molecule has 0 spiro atoms. The van der Waals surface area contributed by atoms with Gasteiger partial charge in [0.2, 0.25) is 0 Å². The van der Waals surface area contributed by atoms with Crippen molar-refractivity contribution in [2.45, 2.75) is 13.8 Å². The molecule has 1 aromatic rings. The molecule has 0 amide bonds. The molecule has 0 unspecified atom stereocenters. The van der Waals surface area contributed by atoms with E-state index in [1.54, 1.807) is 38.5 Å². The van der Waals surface area contributed by atoms with Crippen molar-refractivity contribution in [3.8, 4) is 24.0 Å². The Morgan fingerprint density at radius 1 is 0.929 bits per heavy atom. The first-order chi connectivity index (χ1) is 6.69. The lowest BCUT2D eigenvalue weighted by Gasteiger charge is -2.06. The molecule has 0 bridgehead atoms. The maximum atomic E-state index is 8.35. The number of nitriles is 2. The van der Waals surface area contributed by atoms with Crippen molar-refractivity contribution in [2.75, 3.05) is 0 Å². The highest BCUT2D eigenvalue weighted by atomic mass is 16.5. The van der Waals surface area contributed by atoms with E-state index in [-0.39, 0.29) is 0 Å². The quantitative estimate of drug-likeness (QED) is 0.666. The first kappa shape index (κ1) is 9.88. The van der Waals surface area contributed by atoms with E-state index in [4.69, 9.17) is 20.0 Å². The first-order valence-corrected chi connectivity index (χ1v) is 3.92. The Labute approximate surface area is 81.9 Å². The maximum absolute atomic E-state index is 8.35. The number of hydrogen-bond donors (Lipinski definition) is 0. The maximum Gasteiger partial charge on any atom is 0.292 e. The third-order valence-electron chi connectivity index (χ3n) is 1.78. The van der Waals surface area contributed by atoms with Gasteiger partial charge in [-0.25, -0.2) is 0 Å². The number of benzene rings is 1. The molecule has 0 aromatic heterocycles. The van der Waals surface area contributed by atoms with Gasteiger partial charge in [0, 0.05) is 0 Å². The van der Waals surface area contributed by atoms with Crippen LogP contribution in [0.4, 0.5) is 0 Å². The molecular formula is C10H8N2O2. The highest BCUT2D eigenvalue weighted by molar-refractivity contribution is 5.45. The van der Waals surface area contributed by atoms with Crippen molar-refractivity contribution in [3.63, 3.8) is 0 Å². The molecule has 0 aliphatic carbocycles. The van der Waals surface area contributed by atoms with E-state index < -0.39 is 0 Å². The minimum absolute atomic E-state index is 0.482. The number of hydrogen-bond acceptors (Lipinski definition) is 4. The van der Waals surface area contributed by atoms with Gasteiger partial charge >= 0.3 is 0 Å². The molecule has 0 aliphatic heterocycles. The van der Waals surface area contributed by atoms with Crippen molar-refractivity contribution in [3.05, 3.63) is 23.3 Å². The Morgan fingerprint density at radius 3 is 1.57 bits per heavy atom. The summed E-state index contributed by atoms with van der Waals surface area (Å²) in [6, 6.07) is 3.32. The number of ether oxygens (including phenoxy) is 2. The monoisotopic (exact) mass is 188 g/mol. The topological polar surface area (TPSA) is 66.0 Å². The summed E-state index contributed by atoms with van der Waals surface area (Å²) in [6.07, 6.45) is 3.20. The zero-order valence-corrected chi connectivity index (χ0v) is 7.87. The Balaban J connectivity index is 3.13. The summed E-state index contributed by atoms with van der Waals surface area (Å²) in [6.45, 7) is 3.55. The van der Waals surface area contributed by atoms with E-state index >= 15 is 0 Å². The molecule has 4 nitrogen and oxygen atoms in total. The first-order valence-electron chi connectivity index (χ1n) is 3.92. The highest BCUT2D eigenvalue weighted by Crippen LogP contribution is 2.27. The second-order valence-electron chi connectivity index (χ2n) is 2.77. The van der Waals surface area contributed by atoms with Gasteiger partial charge in [-0.3, -0.25) is 0 Å². The smallest absolute Gasteiger partial charge is 0.292 e. The molecule has 1 rings (SSSR count). The van der Waals surface area contributed by atoms with Crippen LogP contribution >= 0.6 is 0 Å². The summed E-state index contributed by atoms with van der Waals surface area (Å²) in [4.78, 5) is 0. The largest absolute Gasteiger partial charge is 0.388 e. The predicted octanol–water partition coefficient (Wildman–Crippen LogP) is 2.02. The molecule has 14 heavy (non-hydrogen) atoms. The Morgan fingerprint density at radius 2 is 1.29 bits per heavy atom. The summed E-state index contributed by atoms with van der Waals surface area (Å²) < 4.78 is 9.44. The van der Waals surface area contributed by atoms with Crippen LogP contribution in [0.5, 0.6) is 11.5 Å². The lowest BCUT2D eigenvalue weighted by molar-refractivity contribution is 0.486. The molecule has 4 heteroatoms. The van der Waals surface area contributed by atoms with Crippen LogP contribution in [0.25, 0.3) is 0 Å². The summed E-state index contributed by atoms with van der Waals surface area (Å²) >= 11 is 0. The van der Waals surface area contributed by atoms with E-state index in [1.165, 1.54) is 0 Å².